The number of hydrogen-bond donors (Lipinski definition) is 11. The van der Waals surface area contributed by atoms with Crippen molar-refractivity contribution in [2.45, 2.75) is 130 Å². The summed E-state index contributed by atoms with van der Waals surface area (Å²) in [6, 6.07) is 11.4. The number of hydrogen-bond acceptors (Lipinski definition) is 27. The Kier molecular flexibility index (Phi) is 19.4. The zero-order valence-corrected chi connectivity index (χ0v) is 38.7. The summed E-state index contributed by atoms with van der Waals surface area (Å²) in [5, 5.41) is 117. The van der Waals surface area contributed by atoms with E-state index in [-0.39, 0.29) is 17.1 Å². The van der Waals surface area contributed by atoms with Crippen molar-refractivity contribution in [1.29, 1.82) is 0 Å². The van der Waals surface area contributed by atoms with Gasteiger partial charge in [-0.15, -0.1) is 0 Å². The first kappa shape index (κ1) is 56.3. The lowest BCUT2D eigenvalue weighted by Crippen LogP contribution is -2.65. The van der Waals surface area contributed by atoms with E-state index in [2.05, 4.69) is 0 Å². The molecule has 6 rings (SSSR count). The number of phenols is 1. The third-order valence-electron chi connectivity index (χ3n) is 11.9. The number of ether oxygens (including phenoxy) is 12. The first-order valence-electron chi connectivity index (χ1n) is 22.3. The summed E-state index contributed by atoms with van der Waals surface area (Å²) in [6.07, 6.45) is -31.4. The molecule has 72 heavy (non-hydrogen) atoms. The van der Waals surface area contributed by atoms with E-state index in [0.717, 1.165) is 19.9 Å². The van der Waals surface area contributed by atoms with Crippen LogP contribution in [0.5, 0.6) is 11.5 Å². The predicted molar refractivity (Wildman–Crippen MR) is 230 cm³/mol. The van der Waals surface area contributed by atoms with Crippen LogP contribution < -0.4 is 4.74 Å². The highest BCUT2D eigenvalue weighted by Crippen LogP contribution is 2.40. The van der Waals surface area contributed by atoms with Gasteiger partial charge in [0, 0.05) is 19.9 Å². The molecule has 0 amide bonds. The first-order chi connectivity index (χ1) is 34.2. The van der Waals surface area contributed by atoms with Gasteiger partial charge in [0.25, 0.3) is 0 Å². The normalized spacial score (nSPS) is 36.9. The van der Waals surface area contributed by atoms with Crippen LogP contribution in [0.2, 0.25) is 0 Å². The second kappa shape index (κ2) is 24.8. The number of aliphatic hydroxyl groups excluding tert-OH is 10. The summed E-state index contributed by atoms with van der Waals surface area (Å²) in [7, 11) is 1.30. The number of carbonyl (C=O) groups is 4. The Labute approximate surface area is 409 Å². The van der Waals surface area contributed by atoms with Gasteiger partial charge in [0.2, 0.25) is 5.79 Å². The van der Waals surface area contributed by atoms with Gasteiger partial charge >= 0.3 is 23.9 Å². The van der Waals surface area contributed by atoms with Gasteiger partial charge in [-0.25, -0.2) is 9.59 Å². The van der Waals surface area contributed by atoms with Crippen LogP contribution in [0.3, 0.4) is 0 Å². The van der Waals surface area contributed by atoms with Crippen molar-refractivity contribution in [2.75, 3.05) is 40.1 Å². The largest absolute Gasteiger partial charge is 0.504 e. The molecule has 4 saturated heterocycles. The highest BCUT2D eigenvalue weighted by molar-refractivity contribution is 5.89. The number of esters is 4. The van der Waals surface area contributed by atoms with Crippen LogP contribution in [0.1, 0.15) is 29.8 Å². The zero-order valence-electron chi connectivity index (χ0n) is 38.7. The summed E-state index contributed by atoms with van der Waals surface area (Å²) in [6.45, 7) is -2.82. The molecule has 0 spiro atoms. The van der Waals surface area contributed by atoms with E-state index < -0.39 is 173 Å². The van der Waals surface area contributed by atoms with Crippen molar-refractivity contribution in [1.82, 2.24) is 0 Å². The molecule has 4 fully saturated rings. The highest BCUT2D eigenvalue weighted by Gasteiger charge is 2.62. The fraction of sp³-hybridized carbons (Fsp3) is 0.600. The number of benzene rings is 2. The molecule has 4 heterocycles. The van der Waals surface area contributed by atoms with Gasteiger partial charge in [0.1, 0.15) is 73.8 Å². The molecule has 2 aromatic rings. The van der Waals surface area contributed by atoms with Gasteiger partial charge in [-0.1, -0.05) is 24.3 Å². The fourth-order valence-corrected chi connectivity index (χ4v) is 8.19. The summed E-state index contributed by atoms with van der Waals surface area (Å²) in [4.78, 5) is 51.7. The summed E-state index contributed by atoms with van der Waals surface area (Å²) in [5.41, 5.74) is 0.305. The SMILES string of the molecule is COc1cc(C=CC(=O)O[C@H]2[C@H](O)[C@@H](CO)O[C@@]2(CO)O[C@H]2O[C@H](CO[C@@H]3O[C@H](CO[C@@H]4O[C@H](CO)[C@@H](O)[C@H](O)[C@H]4O)[C@@H](O)[C@H](OC(C)=O)[C@H]3O)[C@@H](OC(=O)c3ccccc3)[C@H](OC(C)=O)[C@H]2O)ccc1O. The lowest BCUT2D eigenvalue weighted by molar-refractivity contribution is -0.388. The average molecular weight is 1030 g/mol. The maximum absolute atomic E-state index is 13.6. The monoisotopic (exact) mass is 1030 g/mol. The Bertz CT molecular complexity index is 2160. The highest BCUT2D eigenvalue weighted by atomic mass is 16.8. The van der Waals surface area contributed by atoms with E-state index >= 15 is 0 Å². The topological polar surface area (TPSA) is 402 Å². The third kappa shape index (κ3) is 12.8. The quantitative estimate of drug-likeness (QED) is 0.0357. The van der Waals surface area contributed by atoms with Crippen LogP contribution in [0.15, 0.2) is 54.6 Å². The predicted octanol–water partition coefficient (Wildman–Crippen LogP) is -4.76. The maximum atomic E-state index is 13.6. The second-order valence-corrected chi connectivity index (χ2v) is 16.8. The van der Waals surface area contributed by atoms with Gasteiger partial charge in [-0.2, -0.15) is 0 Å². The van der Waals surface area contributed by atoms with Crippen molar-refractivity contribution in [3.63, 3.8) is 0 Å². The maximum Gasteiger partial charge on any atom is 0.338 e. The standard InChI is InChI=1S/C45H58O27/c1-19(49)64-38-31(54)27(16-62-42-34(57)33(56)30(53)25(14-46)66-42)67-43(35(38)58)63-17-28-37(70-41(60)22-7-5-4-6-8-22)39(65-20(2)50)36(59)44(68-28)72-45(18-48)40(32(55)26(15-47)71-45)69-29(52)12-10-21-9-11-23(51)24(13-21)61-3/h4-13,25-28,30-40,42-44,46-48,51,53-59H,14-18H2,1-3H3/t25-,26-,27-,28-,30-,31-,32-,33+,34-,35-,36-,37-,38+,39-,40+,42-,43-,44-,45+/m1/s1. The van der Waals surface area contributed by atoms with E-state index in [1.165, 1.54) is 55.7 Å². The van der Waals surface area contributed by atoms with Crippen molar-refractivity contribution in [3.05, 3.63) is 65.7 Å². The van der Waals surface area contributed by atoms with Crippen molar-refractivity contribution < 1.29 is 132 Å². The Morgan fingerprint density at radius 3 is 1.85 bits per heavy atom. The molecule has 27 heteroatoms. The minimum absolute atomic E-state index is 0.0380. The van der Waals surface area contributed by atoms with E-state index in [9.17, 15) is 75.3 Å². The second-order valence-electron chi connectivity index (χ2n) is 16.8. The molecule has 27 nitrogen and oxygen atoms in total. The molecule has 0 aromatic heterocycles. The van der Waals surface area contributed by atoms with Crippen LogP contribution in [0.4, 0.5) is 0 Å². The van der Waals surface area contributed by atoms with Crippen molar-refractivity contribution in [3.8, 4) is 11.5 Å². The van der Waals surface area contributed by atoms with E-state index in [4.69, 9.17) is 56.8 Å². The molecule has 0 saturated carbocycles. The lowest BCUT2D eigenvalue weighted by Gasteiger charge is -2.46. The number of phenolic OH excluding ortho intramolecular Hbond substituents is 1. The number of carbonyl (C=O) groups excluding carboxylic acids is 4. The van der Waals surface area contributed by atoms with Crippen LogP contribution >= 0.6 is 0 Å². The zero-order chi connectivity index (χ0) is 52.6. The summed E-state index contributed by atoms with van der Waals surface area (Å²) in [5.74, 6) is -7.10. The van der Waals surface area contributed by atoms with Gasteiger partial charge in [-0.3, -0.25) is 9.59 Å². The summed E-state index contributed by atoms with van der Waals surface area (Å²) >= 11 is 0. The Hall–Kier alpha value is -5.02. The molecule has 4 aliphatic heterocycles. The number of rotatable bonds is 19. The molecule has 2 aromatic carbocycles. The van der Waals surface area contributed by atoms with Gasteiger partial charge < -0.3 is 113 Å². The average Bonchev–Trinajstić information content (AvgIpc) is 3.62. The Morgan fingerprint density at radius 2 is 1.22 bits per heavy atom. The molecule has 4 aliphatic rings. The van der Waals surface area contributed by atoms with Crippen LogP contribution in [-0.2, 0) is 66.5 Å². The summed E-state index contributed by atoms with van der Waals surface area (Å²) < 4.78 is 67.5. The molecular formula is C45H58O27. The number of aromatic hydroxyl groups is 1. The van der Waals surface area contributed by atoms with E-state index in [1.807, 2.05) is 0 Å². The molecule has 11 N–H and O–H groups in total. The molecule has 19 atom stereocenters. The van der Waals surface area contributed by atoms with E-state index in [0.29, 0.717) is 5.56 Å². The molecular weight excluding hydrogens is 972 g/mol. The Balaban J connectivity index is 1.29. The fourth-order valence-electron chi connectivity index (χ4n) is 8.19. The van der Waals surface area contributed by atoms with Crippen LogP contribution in [-0.4, -0.2) is 236 Å². The van der Waals surface area contributed by atoms with Crippen molar-refractivity contribution >= 4 is 30.0 Å². The smallest absolute Gasteiger partial charge is 0.338 e. The number of methoxy groups -OCH3 is 1. The molecule has 0 bridgehead atoms. The number of aliphatic hydroxyl groups is 10. The molecule has 0 aliphatic carbocycles. The minimum Gasteiger partial charge on any atom is -0.504 e. The van der Waals surface area contributed by atoms with Gasteiger partial charge in [0.15, 0.2) is 54.8 Å². The van der Waals surface area contributed by atoms with Crippen molar-refractivity contribution in [2.24, 2.45) is 0 Å². The van der Waals surface area contributed by atoms with Crippen LogP contribution in [0.25, 0.3) is 6.08 Å². The first-order valence-corrected chi connectivity index (χ1v) is 22.3. The van der Waals surface area contributed by atoms with Gasteiger partial charge in [0.05, 0.1) is 39.1 Å². The molecule has 400 valence electrons. The lowest BCUT2D eigenvalue weighted by atomic mass is 9.97. The Morgan fingerprint density at radius 1 is 0.625 bits per heavy atom. The minimum atomic E-state index is -2.70. The third-order valence-corrected chi connectivity index (χ3v) is 11.9. The van der Waals surface area contributed by atoms with E-state index in [1.54, 1.807) is 6.07 Å². The van der Waals surface area contributed by atoms with Gasteiger partial charge in [-0.05, 0) is 35.9 Å². The molecule has 0 radical (unpaired) electrons. The molecule has 0 unspecified atom stereocenters. The van der Waals surface area contributed by atoms with Crippen LogP contribution in [0, 0.1) is 0 Å².